The van der Waals surface area contributed by atoms with Crippen LogP contribution in [0.2, 0.25) is 0 Å². The summed E-state index contributed by atoms with van der Waals surface area (Å²) in [4.78, 5) is 31.8. The van der Waals surface area contributed by atoms with Gasteiger partial charge in [0.1, 0.15) is 6.61 Å². The lowest BCUT2D eigenvalue weighted by Crippen LogP contribution is -2.33. The van der Waals surface area contributed by atoms with Gasteiger partial charge in [0.05, 0.1) is 29.3 Å². The minimum atomic E-state index is -0.533. The highest BCUT2D eigenvalue weighted by Crippen LogP contribution is 2.25. The van der Waals surface area contributed by atoms with Gasteiger partial charge in [0.2, 0.25) is 5.95 Å². The Bertz CT molecular complexity index is 1320. The zero-order valence-electron chi connectivity index (χ0n) is 19.0. The second-order valence-corrected chi connectivity index (χ2v) is 8.36. The van der Waals surface area contributed by atoms with Gasteiger partial charge in [-0.2, -0.15) is 0 Å². The quantitative estimate of drug-likeness (QED) is 0.480. The van der Waals surface area contributed by atoms with Crippen molar-refractivity contribution in [2.75, 3.05) is 16.8 Å². The molecular weight excluding hydrogens is 416 g/mol. The van der Waals surface area contributed by atoms with E-state index < -0.39 is 6.09 Å². The van der Waals surface area contributed by atoms with E-state index >= 15 is 0 Å². The molecule has 1 amide bonds. The van der Waals surface area contributed by atoms with Crippen LogP contribution < -0.4 is 10.2 Å². The van der Waals surface area contributed by atoms with Crippen molar-refractivity contribution in [1.29, 1.82) is 0 Å². The molecule has 1 aliphatic heterocycles. The molecule has 8 heteroatoms. The zero-order chi connectivity index (χ0) is 22.9. The van der Waals surface area contributed by atoms with E-state index in [0.29, 0.717) is 29.6 Å². The predicted octanol–water partition coefficient (Wildman–Crippen LogP) is 4.59. The Kier molecular flexibility index (Phi) is 5.42. The number of aromatic amines is 1. The maximum absolute atomic E-state index is 12.5. The first-order valence-corrected chi connectivity index (χ1v) is 11.0. The molecule has 1 aromatic carbocycles. The molecular formula is C25H26N6O2. The molecule has 4 heterocycles. The van der Waals surface area contributed by atoms with E-state index in [1.807, 2.05) is 51.2 Å². The number of amides is 1. The Morgan fingerprint density at radius 1 is 1.09 bits per heavy atom. The van der Waals surface area contributed by atoms with Crippen molar-refractivity contribution in [3.63, 3.8) is 0 Å². The van der Waals surface area contributed by atoms with Crippen LogP contribution in [0.3, 0.4) is 0 Å². The van der Waals surface area contributed by atoms with E-state index in [4.69, 9.17) is 4.74 Å². The molecule has 0 atom stereocenters. The van der Waals surface area contributed by atoms with Crippen LogP contribution in [0.4, 0.5) is 16.4 Å². The number of aryl methyl sites for hydroxylation is 3. The minimum absolute atomic E-state index is 0.173. The topological polar surface area (TPSA) is 96.0 Å². The normalized spacial score (nSPS) is 13.1. The first-order valence-electron chi connectivity index (χ1n) is 11.0. The average Bonchev–Trinajstić information content (AvgIpc) is 3.22. The minimum Gasteiger partial charge on any atom is -0.444 e. The molecule has 0 saturated carbocycles. The summed E-state index contributed by atoms with van der Waals surface area (Å²) in [6, 6.07) is 12.1. The van der Waals surface area contributed by atoms with E-state index in [0.717, 1.165) is 40.8 Å². The van der Waals surface area contributed by atoms with Gasteiger partial charge in [-0.1, -0.05) is 24.3 Å². The van der Waals surface area contributed by atoms with Gasteiger partial charge >= 0.3 is 6.09 Å². The Balaban J connectivity index is 1.27. The fraction of sp³-hybridized carbons (Fsp3) is 0.280. The third-order valence-corrected chi connectivity index (χ3v) is 6.00. The van der Waals surface area contributed by atoms with E-state index in [1.165, 1.54) is 5.56 Å². The SMILES string of the molecule is Cc1ccc2c(n1)CN(c1nc(C)c(NC(=O)OCc3c[nH]c4ccccc34)c(C)n1)CC2. The van der Waals surface area contributed by atoms with Crippen molar-refractivity contribution in [1.82, 2.24) is 19.9 Å². The van der Waals surface area contributed by atoms with Gasteiger partial charge in [0.25, 0.3) is 0 Å². The van der Waals surface area contributed by atoms with Gasteiger partial charge in [-0.15, -0.1) is 0 Å². The number of fused-ring (bicyclic) bond motifs is 2. The predicted molar refractivity (Wildman–Crippen MR) is 127 cm³/mol. The van der Waals surface area contributed by atoms with Gasteiger partial charge in [-0.05, 0) is 44.9 Å². The number of H-pyrrole nitrogens is 1. The van der Waals surface area contributed by atoms with Gasteiger partial charge in [-0.25, -0.2) is 14.8 Å². The smallest absolute Gasteiger partial charge is 0.412 e. The lowest BCUT2D eigenvalue weighted by molar-refractivity contribution is 0.155. The molecule has 2 N–H and O–H groups in total. The Hall–Kier alpha value is -3.94. The molecule has 168 valence electrons. The number of benzene rings is 1. The molecule has 0 bridgehead atoms. The van der Waals surface area contributed by atoms with Crippen LogP contribution in [0.1, 0.15) is 33.9 Å². The molecule has 8 nitrogen and oxygen atoms in total. The number of ether oxygens (including phenoxy) is 1. The van der Waals surface area contributed by atoms with Crippen LogP contribution in [0.5, 0.6) is 0 Å². The maximum Gasteiger partial charge on any atom is 0.412 e. The molecule has 33 heavy (non-hydrogen) atoms. The fourth-order valence-electron chi connectivity index (χ4n) is 4.24. The van der Waals surface area contributed by atoms with Gasteiger partial charge in [-0.3, -0.25) is 10.3 Å². The standard InChI is InChI=1S/C25H26N6O2/c1-15-8-9-18-10-11-31(13-22(18)27-15)24-28-16(2)23(17(3)29-24)30-25(32)33-14-19-12-26-21-7-5-4-6-20(19)21/h4-9,12,26H,10-11,13-14H2,1-3H3,(H,30,32). The molecule has 5 rings (SSSR count). The number of nitrogens with zero attached hydrogens (tertiary/aromatic N) is 4. The molecule has 0 radical (unpaired) electrons. The van der Waals surface area contributed by atoms with Crippen molar-refractivity contribution in [3.8, 4) is 0 Å². The summed E-state index contributed by atoms with van der Waals surface area (Å²) in [6.45, 7) is 7.42. The lowest BCUT2D eigenvalue weighted by atomic mass is 10.0. The zero-order valence-corrected chi connectivity index (χ0v) is 19.0. The summed E-state index contributed by atoms with van der Waals surface area (Å²) in [5.74, 6) is 0.650. The van der Waals surface area contributed by atoms with Crippen molar-refractivity contribution >= 4 is 28.6 Å². The maximum atomic E-state index is 12.5. The first-order chi connectivity index (χ1) is 16.0. The van der Waals surface area contributed by atoms with Crippen LogP contribution >= 0.6 is 0 Å². The second kappa shape index (κ2) is 8.54. The third-order valence-electron chi connectivity index (χ3n) is 6.00. The summed E-state index contributed by atoms with van der Waals surface area (Å²) in [5.41, 5.74) is 7.27. The third kappa shape index (κ3) is 4.24. The van der Waals surface area contributed by atoms with Gasteiger partial charge in [0, 0.05) is 34.9 Å². The second-order valence-electron chi connectivity index (χ2n) is 8.36. The summed E-state index contributed by atoms with van der Waals surface area (Å²) < 4.78 is 5.46. The fourth-order valence-corrected chi connectivity index (χ4v) is 4.24. The first kappa shape index (κ1) is 20.9. The molecule has 0 fully saturated rings. The Morgan fingerprint density at radius 3 is 2.70 bits per heavy atom. The lowest BCUT2D eigenvalue weighted by Gasteiger charge is -2.29. The number of pyridine rings is 1. The highest BCUT2D eigenvalue weighted by molar-refractivity contribution is 5.87. The molecule has 4 aromatic rings. The summed E-state index contributed by atoms with van der Waals surface area (Å²) in [6.07, 6.45) is 2.23. The highest BCUT2D eigenvalue weighted by Gasteiger charge is 2.22. The Morgan fingerprint density at radius 2 is 1.88 bits per heavy atom. The number of para-hydroxylation sites is 1. The van der Waals surface area contributed by atoms with E-state index in [-0.39, 0.29) is 6.61 Å². The van der Waals surface area contributed by atoms with E-state index in [2.05, 4.69) is 42.3 Å². The van der Waals surface area contributed by atoms with Crippen LogP contribution in [0.25, 0.3) is 10.9 Å². The summed E-state index contributed by atoms with van der Waals surface area (Å²) >= 11 is 0. The molecule has 0 saturated heterocycles. The molecule has 0 unspecified atom stereocenters. The van der Waals surface area contributed by atoms with Crippen molar-refractivity contribution in [2.45, 2.75) is 40.3 Å². The van der Waals surface area contributed by atoms with E-state index in [9.17, 15) is 4.79 Å². The number of carbonyl (C=O) groups is 1. The van der Waals surface area contributed by atoms with Crippen molar-refractivity contribution < 1.29 is 9.53 Å². The summed E-state index contributed by atoms with van der Waals surface area (Å²) in [7, 11) is 0. The number of anilines is 2. The van der Waals surface area contributed by atoms with Crippen LogP contribution in [-0.2, 0) is 24.3 Å². The Labute approximate surface area is 192 Å². The van der Waals surface area contributed by atoms with Crippen LogP contribution in [0.15, 0.2) is 42.6 Å². The van der Waals surface area contributed by atoms with Crippen LogP contribution in [0, 0.1) is 20.8 Å². The highest BCUT2D eigenvalue weighted by atomic mass is 16.5. The molecule has 3 aromatic heterocycles. The van der Waals surface area contributed by atoms with Gasteiger partial charge < -0.3 is 14.6 Å². The number of nitrogens with one attached hydrogen (secondary N) is 2. The van der Waals surface area contributed by atoms with Crippen molar-refractivity contribution in [2.24, 2.45) is 0 Å². The monoisotopic (exact) mass is 442 g/mol. The number of rotatable bonds is 4. The van der Waals surface area contributed by atoms with Gasteiger partial charge in [0.15, 0.2) is 0 Å². The van der Waals surface area contributed by atoms with Crippen molar-refractivity contribution in [3.05, 3.63) is 76.5 Å². The average molecular weight is 443 g/mol. The number of hydrogen-bond donors (Lipinski definition) is 2. The molecule has 1 aliphatic rings. The number of carbonyl (C=O) groups excluding carboxylic acids is 1. The summed E-state index contributed by atoms with van der Waals surface area (Å²) in [5, 5.41) is 3.85. The van der Waals surface area contributed by atoms with Crippen LogP contribution in [-0.4, -0.2) is 32.6 Å². The number of hydrogen-bond acceptors (Lipinski definition) is 6. The largest absolute Gasteiger partial charge is 0.444 e. The molecule has 0 spiro atoms. The molecule has 0 aliphatic carbocycles. The van der Waals surface area contributed by atoms with E-state index in [1.54, 1.807) is 0 Å². The number of aromatic nitrogens is 4.